The number of methoxy groups -OCH3 is 1. The lowest BCUT2D eigenvalue weighted by molar-refractivity contribution is 0.0867. The van der Waals surface area contributed by atoms with Gasteiger partial charge in [0, 0.05) is 17.3 Å². The van der Waals surface area contributed by atoms with E-state index in [2.05, 4.69) is 21.2 Å². The highest BCUT2D eigenvalue weighted by molar-refractivity contribution is 9.10. The molecule has 0 radical (unpaired) electrons. The smallest absolute Gasteiger partial charge is 0.253 e. The number of hydrogen-bond donors (Lipinski definition) is 2. The maximum Gasteiger partial charge on any atom is 0.253 e. The molecule has 0 aliphatic heterocycles. The van der Waals surface area contributed by atoms with Gasteiger partial charge in [0.25, 0.3) is 5.91 Å². The van der Waals surface area contributed by atoms with E-state index in [0.717, 1.165) is 4.47 Å². The molecule has 4 nitrogen and oxygen atoms in total. The van der Waals surface area contributed by atoms with E-state index in [4.69, 9.17) is 10.5 Å². The minimum absolute atomic E-state index is 0.0270. The van der Waals surface area contributed by atoms with Gasteiger partial charge in [-0.1, -0.05) is 29.8 Å². The summed E-state index contributed by atoms with van der Waals surface area (Å²) in [5.41, 5.74) is 6.75. The van der Waals surface area contributed by atoms with Crippen molar-refractivity contribution in [2.75, 3.05) is 19.5 Å². The Kier molecular flexibility index (Phi) is 5.62. The molecule has 1 amide bonds. The summed E-state index contributed by atoms with van der Waals surface area (Å²) >= 11 is 3.33. The molecule has 1 rings (SSSR count). The standard InChI is InChI=1S/C13H19BrN2O2/c1-8(2)12(7-18-3)16-13(17)10-6-9(14)4-5-11(10)15/h4-6,8,12H,7,15H2,1-3H3,(H,16,17). The fraction of sp³-hybridized carbons (Fsp3) is 0.462. The highest BCUT2D eigenvalue weighted by atomic mass is 79.9. The Balaban J connectivity index is 2.83. The molecule has 1 aromatic carbocycles. The Bertz CT molecular complexity index is 421. The third-order valence-electron chi connectivity index (χ3n) is 2.73. The van der Waals surface area contributed by atoms with Crippen LogP contribution in [0.1, 0.15) is 24.2 Å². The fourth-order valence-corrected chi connectivity index (χ4v) is 1.91. The minimum atomic E-state index is -0.176. The van der Waals surface area contributed by atoms with E-state index in [0.29, 0.717) is 23.8 Å². The highest BCUT2D eigenvalue weighted by Crippen LogP contribution is 2.18. The van der Waals surface area contributed by atoms with Crippen molar-refractivity contribution < 1.29 is 9.53 Å². The number of nitrogens with one attached hydrogen (secondary N) is 1. The predicted octanol–water partition coefficient (Wildman–Crippen LogP) is 2.43. The molecule has 0 fully saturated rings. The third-order valence-corrected chi connectivity index (χ3v) is 3.22. The van der Waals surface area contributed by atoms with Gasteiger partial charge in [0.15, 0.2) is 0 Å². The Morgan fingerprint density at radius 3 is 2.72 bits per heavy atom. The quantitative estimate of drug-likeness (QED) is 0.820. The van der Waals surface area contributed by atoms with Crippen LogP contribution in [0.5, 0.6) is 0 Å². The summed E-state index contributed by atoms with van der Waals surface area (Å²) in [5, 5.41) is 2.94. The van der Waals surface area contributed by atoms with Gasteiger partial charge < -0.3 is 15.8 Å². The molecule has 1 aromatic rings. The SMILES string of the molecule is COCC(NC(=O)c1cc(Br)ccc1N)C(C)C. The number of halogens is 1. The first-order valence-electron chi connectivity index (χ1n) is 5.80. The molecular formula is C13H19BrN2O2. The van der Waals surface area contributed by atoms with Crippen LogP contribution in [0.25, 0.3) is 0 Å². The van der Waals surface area contributed by atoms with Gasteiger partial charge in [0.2, 0.25) is 0 Å². The summed E-state index contributed by atoms with van der Waals surface area (Å²) in [6, 6.07) is 5.20. The van der Waals surface area contributed by atoms with Crippen LogP contribution in [0.3, 0.4) is 0 Å². The molecule has 0 bridgehead atoms. The molecular weight excluding hydrogens is 296 g/mol. The Hall–Kier alpha value is -1.07. The van der Waals surface area contributed by atoms with Gasteiger partial charge >= 0.3 is 0 Å². The maximum atomic E-state index is 12.1. The van der Waals surface area contributed by atoms with Gasteiger partial charge in [-0.25, -0.2) is 0 Å². The van der Waals surface area contributed by atoms with Gasteiger partial charge in [-0.2, -0.15) is 0 Å². The third kappa shape index (κ3) is 3.99. The van der Waals surface area contributed by atoms with E-state index < -0.39 is 0 Å². The summed E-state index contributed by atoms with van der Waals surface area (Å²) in [6.45, 7) is 4.56. The summed E-state index contributed by atoms with van der Waals surface area (Å²) < 4.78 is 5.93. The summed E-state index contributed by atoms with van der Waals surface area (Å²) in [6.07, 6.45) is 0. The molecule has 0 aromatic heterocycles. The monoisotopic (exact) mass is 314 g/mol. The number of hydrogen-bond acceptors (Lipinski definition) is 3. The molecule has 0 aliphatic carbocycles. The summed E-state index contributed by atoms with van der Waals surface area (Å²) in [4.78, 5) is 12.1. The molecule has 0 spiro atoms. The van der Waals surface area contributed by atoms with Gasteiger partial charge in [-0.3, -0.25) is 4.79 Å². The van der Waals surface area contributed by atoms with Gasteiger partial charge in [-0.05, 0) is 24.1 Å². The van der Waals surface area contributed by atoms with Crippen LogP contribution >= 0.6 is 15.9 Å². The number of nitrogen functional groups attached to an aromatic ring is 1. The maximum absolute atomic E-state index is 12.1. The molecule has 3 N–H and O–H groups in total. The van der Waals surface area contributed by atoms with Crippen molar-refractivity contribution in [2.45, 2.75) is 19.9 Å². The molecule has 1 unspecified atom stereocenters. The number of amides is 1. The molecule has 18 heavy (non-hydrogen) atoms. The second kappa shape index (κ2) is 6.75. The summed E-state index contributed by atoms with van der Waals surface area (Å²) in [5.74, 6) is 0.117. The zero-order valence-electron chi connectivity index (χ0n) is 10.9. The van der Waals surface area contributed by atoms with E-state index in [1.165, 1.54) is 0 Å². The Morgan fingerprint density at radius 1 is 1.50 bits per heavy atom. The molecule has 0 saturated carbocycles. The number of anilines is 1. The van der Waals surface area contributed by atoms with Crippen LogP contribution in [0.2, 0.25) is 0 Å². The molecule has 100 valence electrons. The van der Waals surface area contributed by atoms with Crippen LogP contribution < -0.4 is 11.1 Å². The van der Waals surface area contributed by atoms with Crippen molar-refractivity contribution in [3.8, 4) is 0 Å². The first kappa shape index (κ1) is 15.0. The molecule has 0 saturated heterocycles. The van der Waals surface area contributed by atoms with Crippen molar-refractivity contribution in [1.82, 2.24) is 5.32 Å². The van der Waals surface area contributed by atoms with Crippen LogP contribution in [0, 0.1) is 5.92 Å². The van der Waals surface area contributed by atoms with Crippen molar-refractivity contribution in [2.24, 2.45) is 5.92 Å². The first-order valence-corrected chi connectivity index (χ1v) is 6.59. The van der Waals surface area contributed by atoms with E-state index in [1.54, 1.807) is 25.3 Å². The highest BCUT2D eigenvalue weighted by Gasteiger charge is 2.18. The number of ether oxygens (including phenoxy) is 1. The lowest BCUT2D eigenvalue weighted by atomic mass is 10.0. The Labute approximate surface area is 116 Å². The van der Waals surface area contributed by atoms with E-state index in [-0.39, 0.29) is 11.9 Å². The summed E-state index contributed by atoms with van der Waals surface area (Å²) in [7, 11) is 1.62. The molecule has 5 heteroatoms. The largest absolute Gasteiger partial charge is 0.398 e. The van der Waals surface area contributed by atoms with Crippen LogP contribution in [0.4, 0.5) is 5.69 Å². The fourth-order valence-electron chi connectivity index (χ4n) is 1.55. The number of nitrogens with two attached hydrogens (primary N) is 1. The zero-order chi connectivity index (χ0) is 13.7. The second-order valence-electron chi connectivity index (χ2n) is 4.51. The normalized spacial score (nSPS) is 12.5. The van der Waals surface area contributed by atoms with E-state index in [9.17, 15) is 4.79 Å². The second-order valence-corrected chi connectivity index (χ2v) is 5.43. The van der Waals surface area contributed by atoms with Gasteiger partial charge in [0.1, 0.15) is 0 Å². The van der Waals surface area contributed by atoms with Gasteiger partial charge in [0.05, 0.1) is 18.2 Å². The van der Waals surface area contributed by atoms with Gasteiger partial charge in [-0.15, -0.1) is 0 Å². The molecule has 0 heterocycles. The lowest BCUT2D eigenvalue weighted by Crippen LogP contribution is -2.41. The first-order chi connectivity index (χ1) is 8.45. The van der Waals surface area contributed by atoms with Crippen molar-refractivity contribution >= 4 is 27.5 Å². The Morgan fingerprint density at radius 2 is 2.17 bits per heavy atom. The van der Waals surface area contributed by atoms with Crippen molar-refractivity contribution in [1.29, 1.82) is 0 Å². The topological polar surface area (TPSA) is 64.3 Å². The van der Waals surface area contributed by atoms with Crippen molar-refractivity contribution in [3.05, 3.63) is 28.2 Å². The molecule has 0 aliphatic rings. The van der Waals surface area contributed by atoms with Crippen LogP contribution in [-0.2, 0) is 4.74 Å². The van der Waals surface area contributed by atoms with E-state index >= 15 is 0 Å². The predicted molar refractivity (Wildman–Crippen MR) is 76.5 cm³/mol. The van der Waals surface area contributed by atoms with E-state index in [1.807, 2.05) is 13.8 Å². The average molecular weight is 315 g/mol. The van der Waals surface area contributed by atoms with Crippen LogP contribution in [0.15, 0.2) is 22.7 Å². The number of benzene rings is 1. The minimum Gasteiger partial charge on any atom is -0.398 e. The van der Waals surface area contributed by atoms with Crippen LogP contribution in [-0.4, -0.2) is 25.7 Å². The average Bonchev–Trinajstić information content (AvgIpc) is 2.31. The number of carbonyl (C=O) groups excluding carboxylic acids is 1. The lowest BCUT2D eigenvalue weighted by Gasteiger charge is -2.22. The number of rotatable bonds is 5. The number of carbonyl (C=O) groups is 1. The zero-order valence-corrected chi connectivity index (χ0v) is 12.5. The van der Waals surface area contributed by atoms with Crippen molar-refractivity contribution in [3.63, 3.8) is 0 Å². The molecule has 1 atom stereocenters.